The van der Waals surface area contributed by atoms with Crippen LogP contribution < -0.4 is 5.01 Å². The molecule has 2 aromatic rings. The first-order valence-electron chi connectivity index (χ1n) is 8.13. The predicted molar refractivity (Wildman–Crippen MR) is 111 cm³/mol. The summed E-state index contributed by atoms with van der Waals surface area (Å²) in [6, 6.07) is 5.61. The Morgan fingerprint density at radius 1 is 1.00 bits per heavy atom. The molecule has 0 saturated carbocycles. The number of hydrazone groups is 1. The van der Waals surface area contributed by atoms with E-state index in [0.717, 1.165) is 29.3 Å². The second-order valence-electron chi connectivity index (χ2n) is 6.19. The standard InChI is InChI=1S/C16H12Cl2N4O7S2/c1-8-15(20-19-13-6-12(18)14(7-11(13)17)31(27,28)29)16(23)22(21-8)9-2-4-10(5-3-9)30(24,25)26/h2-7,15H,1H3,(H,24,25,26)(H,27,28,29). The van der Waals surface area contributed by atoms with Gasteiger partial charge in [0.05, 0.1) is 26.3 Å². The van der Waals surface area contributed by atoms with Crippen LogP contribution in [0.25, 0.3) is 0 Å². The van der Waals surface area contributed by atoms with Gasteiger partial charge in [0, 0.05) is 0 Å². The zero-order chi connectivity index (χ0) is 23.1. The first-order valence-corrected chi connectivity index (χ1v) is 11.8. The number of amides is 1. The largest absolute Gasteiger partial charge is 0.296 e. The summed E-state index contributed by atoms with van der Waals surface area (Å²) in [6.45, 7) is 1.52. The van der Waals surface area contributed by atoms with Gasteiger partial charge in [0.15, 0.2) is 6.04 Å². The van der Waals surface area contributed by atoms with Gasteiger partial charge in [-0.05, 0) is 43.3 Å². The van der Waals surface area contributed by atoms with E-state index in [-0.39, 0.29) is 32.0 Å². The van der Waals surface area contributed by atoms with E-state index in [4.69, 9.17) is 32.3 Å². The summed E-state index contributed by atoms with van der Waals surface area (Å²) in [4.78, 5) is 11.7. The molecule has 1 atom stereocenters. The Kier molecular flexibility index (Phi) is 6.19. The van der Waals surface area contributed by atoms with E-state index in [1.807, 2.05) is 0 Å². The molecule has 0 radical (unpaired) electrons. The zero-order valence-electron chi connectivity index (χ0n) is 15.3. The fraction of sp³-hybridized carbons (Fsp3) is 0.125. The van der Waals surface area contributed by atoms with Gasteiger partial charge in [-0.15, -0.1) is 0 Å². The van der Waals surface area contributed by atoms with Crippen LogP contribution in [0.4, 0.5) is 11.4 Å². The number of benzene rings is 2. The Morgan fingerprint density at radius 3 is 2.16 bits per heavy atom. The number of rotatable bonds is 5. The van der Waals surface area contributed by atoms with Crippen molar-refractivity contribution in [3.8, 4) is 0 Å². The van der Waals surface area contributed by atoms with Gasteiger partial charge in [0.2, 0.25) is 0 Å². The molecule has 0 bridgehead atoms. The van der Waals surface area contributed by atoms with Gasteiger partial charge in [-0.25, -0.2) is 0 Å². The molecule has 15 heteroatoms. The van der Waals surface area contributed by atoms with Crippen LogP contribution in [0.2, 0.25) is 10.0 Å². The highest BCUT2D eigenvalue weighted by atomic mass is 35.5. The van der Waals surface area contributed by atoms with E-state index in [1.165, 1.54) is 19.1 Å². The van der Waals surface area contributed by atoms with Crippen LogP contribution in [0.3, 0.4) is 0 Å². The van der Waals surface area contributed by atoms with Crippen LogP contribution in [0, 0.1) is 0 Å². The van der Waals surface area contributed by atoms with Crippen molar-refractivity contribution in [1.82, 2.24) is 0 Å². The molecule has 1 amide bonds. The summed E-state index contributed by atoms with van der Waals surface area (Å²) in [7, 11) is -8.98. The first kappa shape index (κ1) is 23.2. The van der Waals surface area contributed by atoms with Gasteiger partial charge in [0.25, 0.3) is 26.1 Å². The third-order valence-corrected chi connectivity index (χ3v) is 6.52. The summed E-state index contributed by atoms with van der Waals surface area (Å²) < 4.78 is 62.9. The molecule has 1 aliphatic heterocycles. The summed E-state index contributed by atoms with van der Waals surface area (Å²) in [5, 5.41) is 12.3. The number of hydrogen-bond donors (Lipinski definition) is 2. The van der Waals surface area contributed by atoms with E-state index in [0.29, 0.717) is 0 Å². The predicted octanol–water partition coefficient (Wildman–Crippen LogP) is 3.36. The molecule has 0 aliphatic carbocycles. The lowest BCUT2D eigenvalue weighted by Gasteiger charge is -2.12. The second kappa shape index (κ2) is 8.26. The van der Waals surface area contributed by atoms with Crippen molar-refractivity contribution in [1.29, 1.82) is 0 Å². The number of hydrogen-bond acceptors (Lipinski definition) is 8. The van der Waals surface area contributed by atoms with Crippen LogP contribution in [-0.2, 0) is 25.0 Å². The van der Waals surface area contributed by atoms with Crippen LogP contribution in [0.5, 0.6) is 0 Å². The molecule has 0 fully saturated rings. The maximum atomic E-state index is 12.7. The van der Waals surface area contributed by atoms with Crippen molar-refractivity contribution in [3.63, 3.8) is 0 Å². The minimum absolute atomic E-state index is 0.0457. The quantitative estimate of drug-likeness (QED) is 0.462. The molecule has 164 valence electrons. The van der Waals surface area contributed by atoms with E-state index < -0.39 is 37.1 Å². The van der Waals surface area contributed by atoms with Crippen molar-refractivity contribution >= 4 is 66.4 Å². The molecule has 2 N–H and O–H groups in total. The molecule has 3 rings (SSSR count). The summed E-state index contributed by atoms with van der Waals surface area (Å²) in [5.74, 6) is -0.599. The monoisotopic (exact) mass is 506 g/mol. The van der Waals surface area contributed by atoms with Crippen LogP contribution in [0.15, 0.2) is 61.5 Å². The summed E-state index contributed by atoms with van der Waals surface area (Å²) in [6.07, 6.45) is 0. The smallest absolute Gasteiger partial charge is 0.282 e. The Balaban J connectivity index is 1.86. The highest BCUT2D eigenvalue weighted by Gasteiger charge is 2.35. The fourth-order valence-electron chi connectivity index (χ4n) is 2.55. The molecule has 0 saturated heterocycles. The number of anilines is 1. The third kappa shape index (κ3) is 4.92. The average molecular weight is 507 g/mol. The number of nitrogens with zero attached hydrogens (tertiary/aromatic N) is 4. The van der Waals surface area contributed by atoms with Crippen molar-refractivity contribution in [2.75, 3.05) is 5.01 Å². The number of carbonyl (C=O) groups excluding carboxylic acids is 1. The lowest BCUT2D eigenvalue weighted by atomic mass is 10.2. The van der Waals surface area contributed by atoms with Gasteiger partial charge in [-0.2, -0.15) is 37.2 Å². The Labute approximate surface area is 186 Å². The zero-order valence-corrected chi connectivity index (χ0v) is 18.5. The summed E-state index contributed by atoms with van der Waals surface area (Å²) >= 11 is 11.8. The molecule has 0 aromatic heterocycles. The van der Waals surface area contributed by atoms with Crippen molar-refractivity contribution < 1.29 is 30.7 Å². The van der Waals surface area contributed by atoms with E-state index in [2.05, 4.69) is 15.3 Å². The minimum atomic E-state index is -4.59. The number of azo groups is 1. The number of carbonyl (C=O) groups is 1. The fourth-order valence-corrected chi connectivity index (χ4v) is 4.31. The molecule has 11 nitrogen and oxygen atoms in total. The topological polar surface area (TPSA) is 166 Å². The molecule has 1 unspecified atom stereocenters. The Hall–Kier alpha value is -2.42. The normalized spacial score (nSPS) is 17.5. The van der Waals surface area contributed by atoms with Gasteiger partial charge in [0.1, 0.15) is 10.6 Å². The van der Waals surface area contributed by atoms with E-state index >= 15 is 0 Å². The van der Waals surface area contributed by atoms with Gasteiger partial charge < -0.3 is 0 Å². The van der Waals surface area contributed by atoms with Gasteiger partial charge in [-0.1, -0.05) is 23.2 Å². The van der Waals surface area contributed by atoms with Crippen molar-refractivity contribution in [2.24, 2.45) is 15.3 Å². The van der Waals surface area contributed by atoms with Crippen molar-refractivity contribution in [2.45, 2.75) is 22.8 Å². The molecular formula is C16H12Cl2N4O7S2. The van der Waals surface area contributed by atoms with Gasteiger partial charge in [-0.3, -0.25) is 13.9 Å². The highest BCUT2D eigenvalue weighted by molar-refractivity contribution is 7.86. The molecule has 31 heavy (non-hydrogen) atoms. The minimum Gasteiger partial charge on any atom is -0.282 e. The van der Waals surface area contributed by atoms with E-state index in [9.17, 15) is 21.6 Å². The summed E-state index contributed by atoms with van der Waals surface area (Å²) in [5.41, 5.74) is 0.452. The van der Waals surface area contributed by atoms with Crippen molar-refractivity contribution in [3.05, 3.63) is 46.4 Å². The lowest BCUT2D eigenvalue weighted by molar-refractivity contribution is -0.117. The average Bonchev–Trinajstić information content (AvgIpc) is 2.94. The highest BCUT2D eigenvalue weighted by Crippen LogP contribution is 2.34. The number of halogens is 2. The van der Waals surface area contributed by atoms with Crippen LogP contribution >= 0.6 is 23.2 Å². The second-order valence-corrected chi connectivity index (χ2v) is 9.81. The maximum Gasteiger partial charge on any atom is 0.296 e. The lowest BCUT2D eigenvalue weighted by Crippen LogP contribution is -2.29. The molecule has 1 heterocycles. The molecule has 2 aromatic carbocycles. The maximum absolute atomic E-state index is 12.7. The molecule has 1 aliphatic rings. The Bertz CT molecular complexity index is 1340. The van der Waals surface area contributed by atoms with Gasteiger partial charge >= 0.3 is 0 Å². The van der Waals surface area contributed by atoms with E-state index in [1.54, 1.807) is 0 Å². The van der Waals surface area contributed by atoms with Crippen LogP contribution in [0.1, 0.15) is 6.92 Å². The third-order valence-electron chi connectivity index (χ3n) is 4.04. The SMILES string of the molecule is CC1=NN(c2ccc(S(=O)(=O)O)cc2)C(=O)C1N=Nc1cc(Cl)c(S(=O)(=O)O)cc1Cl. The Morgan fingerprint density at radius 2 is 1.61 bits per heavy atom. The first-order chi connectivity index (χ1) is 14.3. The van der Waals surface area contributed by atoms with Crippen LogP contribution in [-0.4, -0.2) is 43.6 Å². The molecule has 0 spiro atoms. The molecular weight excluding hydrogens is 495 g/mol.